The van der Waals surface area contributed by atoms with E-state index < -0.39 is 5.41 Å². The first kappa shape index (κ1) is 33.8. The molecular weight excluding hydrogens is 598 g/mol. The highest BCUT2D eigenvalue weighted by molar-refractivity contribution is 5.79. The molecule has 2 aromatic rings. The highest BCUT2D eigenvalue weighted by Gasteiger charge is 2.69. The number of aromatic nitrogens is 3. The third kappa shape index (κ3) is 4.71. The van der Waals surface area contributed by atoms with Gasteiger partial charge in [0.15, 0.2) is 0 Å². The van der Waals surface area contributed by atoms with Crippen molar-refractivity contribution in [2.24, 2.45) is 56.7 Å². The van der Waals surface area contributed by atoms with Crippen LogP contribution in [0, 0.1) is 56.7 Å². The Labute approximate surface area is 287 Å². The Hall–Kier alpha value is -2.67. The molecule has 48 heavy (non-hydrogen) atoms. The number of esters is 1. The standard InChI is InChI=1S/C41H59N3O4/c1-27-16-21-41(35(46)48-25-11-24-44-36(47)43(26-42-44)29-12-9-8-10-13-29)23-22-39(6)30(34(41)28(27)2)14-15-32-38(5)19-18-33(45)37(3,4)31(38)17-20-40(32,39)7/h8-10,12-14,26-28,31-34,45H,11,15-25H2,1-7H3/t27-,28+,31+,32-,33+,34+,38+,39-,40-,41+/m1/s1. The van der Waals surface area contributed by atoms with E-state index >= 15 is 0 Å². The molecule has 4 saturated carbocycles. The van der Waals surface area contributed by atoms with Gasteiger partial charge in [0, 0.05) is 13.0 Å². The first-order valence-corrected chi connectivity index (χ1v) is 19.0. The van der Waals surface area contributed by atoms with Crippen molar-refractivity contribution in [2.45, 2.75) is 125 Å². The molecule has 0 aliphatic heterocycles. The number of nitrogens with zero attached hydrogens (tertiary/aromatic N) is 3. The van der Waals surface area contributed by atoms with Gasteiger partial charge in [-0.2, -0.15) is 5.10 Å². The lowest BCUT2D eigenvalue weighted by Gasteiger charge is -2.71. The summed E-state index contributed by atoms with van der Waals surface area (Å²) in [6.07, 6.45) is 13.8. The second-order valence-corrected chi connectivity index (χ2v) is 18.0. The second-order valence-electron chi connectivity index (χ2n) is 18.0. The van der Waals surface area contributed by atoms with Gasteiger partial charge >= 0.3 is 11.7 Å². The van der Waals surface area contributed by atoms with Crippen LogP contribution in [0.15, 0.2) is 53.1 Å². The van der Waals surface area contributed by atoms with Crippen molar-refractivity contribution >= 4 is 5.97 Å². The third-order valence-corrected chi connectivity index (χ3v) is 15.9. The Balaban J connectivity index is 1.12. The molecule has 7 nitrogen and oxygen atoms in total. The molecule has 0 bridgehead atoms. The molecule has 1 heterocycles. The molecule has 0 spiro atoms. The highest BCUT2D eigenvalue weighted by Crippen LogP contribution is 2.75. The molecular formula is C41H59N3O4. The molecule has 262 valence electrons. The Bertz CT molecular complexity index is 1630. The normalized spacial score (nSPS) is 41.6. The molecule has 1 N–H and O–H groups in total. The smallest absolute Gasteiger partial charge is 0.350 e. The number of fused-ring (bicyclic) bond motifs is 7. The predicted octanol–water partition coefficient (Wildman–Crippen LogP) is 7.99. The van der Waals surface area contributed by atoms with Crippen LogP contribution in [0.3, 0.4) is 0 Å². The minimum Gasteiger partial charge on any atom is -0.465 e. The van der Waals surface area contributed by atoms with Crippen LogP contribution in [0.25, 0.3) is 5.69 Å². The van der Waals surface area contributed by atoms with Gasteiger partial charge in [0.2, 0.25) is 0 Å². The molecule has 0 unspecified atom stereocenters. The average molecular weight is 658 g/mol. The van der Waals surface area contributed by atoms with Gasteiger partial charge in [-0.1, -0.05) is 78.3 Å². The van der Waals surface area contributed by atoms with Crippen LogP contribution < -0.4 is 5.69 Å². The van der Waals surface area contributed by atoms with Crippen LogP contribution in [0.2, 0.25) is 0 Å². The summed E-state index contributed by atoms with van der Waals surface area (Å²) in [4.78, 5) is 27.4. The van der Waals surface area contributed by atoms with Crippen molar-refractivity contribution < 1.29 is 14.6 Å². The van der Waals surface area contributed by atoms with Gasteiger partial charge in [-0.05, 0) is 121 Å². The first-order chi connectivity index (χ1) is 22.7. The first-order valence-electron chi connectivity index (χ1n) is 19.0. The maximum atomic E-state index is 14.4. The molecule has 1 aromatic carbocycles. The van der Waals surface area contributed by atoms with E-state index in [2.05, 4.69) is 59.6 Å². The zero-order valence-electron chi connectivity index (χ0n) is 30.5. The zero-order chi connectivity index (χ0) is 34.3. The lowest BCUT2D eigenvalue weighted by molar-refractivity contribution is -0.207. The average Bonchev–Trinajstić information content (AvgIpc) is 3.43. The van der Waals surface area contributed by atoms with E-state index in [0.29, 0.717) is 43.2 Å². The Morgan fingerprint density at radius 3 is 2.46 bits per heavy atom. The van der Waals surface area contributed by atoms with E-state index in [4.69, 9.17) is 4.74 Å². The van der Waals surface area contributed by atoms with Crippen molar-refractivity contribution in [2.75, 3.05) is 6.61 Å². The van der Waals surface area contributed by atoms with E-state index in [0.717, 1.165) is 50.6 Å². The summed E-state index contributed by atoms with van der Waals surface area (Å²) in [5.74, 6) is 2.25. The molecule has 0 amide bonds. The quantitative estimate of drug-likeness (QED) is 0.193. The molecule has 1 aromatic heterocycles. The van der Waals surface area contributed by atoms with E-state index in [9.17, 15) is 14.7 Å². The molecule has 7 rings (SSSR count). The van der Waals surface area contributed by atoms with E-state index in [-0.39, 0.29) is 45.3 Å². The summed E-state index contributed by atoms with van der Waals surface area (Å²) < 4.78 is 9.22. The number of allylic oxidation sites excluding steroid dienone is 2. The topological polar surface area (TPSA) is 86.4 Å². The minimum atomic E-state index is -0.482. The van der Waals surface area contributed by atoms with Crippen molar-refractivity contribution in [1.82, 2.24) is 14.3 Å². The van der Waals surface area contributed by atoms with Gasteiger partial charge in [-0.15, -0.1) is 0 Å². The van der Waals surface area contributed by atoms with Gasteiger partial charge in [0.25, 0.3) is 0 Å². The number of carbonyl (C=O) groups is 1. The highest BCUT2D eigenvalue weighted by atomic mass is 16.5. The van der Waals surface area contributed by atoms with E-state index in [1.54, 1.807) is 16.5 Å². The minimum absolute atomic E-state index is 0.0256. The van der Waals surface area contributed by atoms with Crippen molar-refractivity contribution in [1.29, 1.82) is 0 Å². The van der Waals surface area contributed by atoms with Gasteiger partial charge in [0.1, 0.15) is 6.33 Å². The lowest BCUT2D eigenvalue weighted by atomic mass is 9.33. The van der Waals surface area contributed by atoms with Crippen LogP contribution in [0.4, 0.5) is 0 Å². The molecule has 5 aliphatic rings. The van der Waals surface area contributed by atoms with Crippen LogP contribution in [0.1, 0.15) is 113 Å². The molecule has 5 aliphatic carbocycles. The van der Waals surface area contributed by atoms with Gasteiger partial charge in [-0.25, -0.2) is 14.0 Å². The summed E-state index contributed by atoms with van der Waals surface area (Å²) in [6, 6.07) is 9.52. The number of hydrogen-bond acceptors (Lipinski definition) is 5. The van der Waals surface area contributed by atoms with Crippen LogP contribution in [-0.4, -0.2) is 38.1 Å². The van der Waals surface area contributed by atoms with Gasteiger partial charge in [-0.3, -0.25) is 4.79 Å². The Kier molecular flexibility index (Phi) is 8.24. The number of carbonyl (C=O) groups excluding carboxylic acids is 1. The van der Waals surface area contributed by atoms with Crippen LogP contribution in [0.5, 0.6) is 0 Å². The summed E-state index contributed by atoms with van der Waals surface area (Å²) in [5.41, 5.74) is 2.03. The SMILES string of the molecule is C[C@H]1[C@H](C)CC[C@]2(C(=O)OCCCn3ncn(-c4ccccc4)c3=O)CC[C@]3(C)C(=CC[C@@H]4[C@@]5(C)CC[C@H](O)C(C)(C)[C@@H]5CC[C@]43C)[C@H]12. The number of aryl methyl sites for hydroxylation is 1. The fraction of sp³-hybridized carbons (Fsp3) is 0.732. The number of ether oxygens (including phenoxy) is 1. The number of benzene rings is 1. The van der Waals surface area contributed by atoms with Gasteiger partial charge < -0.3 is 9.84 Å². The predicted molar refractivity (Wildman–Crippen MR) is 188 cm³/mol. The zero-order valence-corrected chi connectivity index (χ0v) is 30.5. The fourth-order valence-corrected chi connectivity index (χ4v) is 12.6. The maximum absolute atomic E-state index is 14.4. The Morgan fingerprint density at radius 2 is 1.71 bits per heavy atom. The summed E-state index contributed by atoms with van der Waals surface area (Å²) in [6.45, 7) is 17.8. The maximum Gasteiger partial charge on any atom is 0.350 e. The second kappa shape index (κ2) is 11.7. The van der Waals surface area contributed by atoms with E-state index in [1.165, 1.54) is 17.5 Å². The molecule has 0 saturated heterocycles. The fourth-order valence-electron chi connectivity index (χ4n) is 12.6. The monoisotopic (exact) mass is 657 g/mol. The van der Waals surface area contributed by atoms with Crippen LogP contribution >= 0.6 is 0 Å². The number of hydrogen-bond donors (Lipinski definition) is 1. The third-order valence-electron chi connectivity index (χ3n) is 15.9. The number of para-hydroxylation sites is 1. The summed E-state index contributed by atoms with van der Waals surface area (Å²) >= 11 is 0. The number of aliphatic hydroxyl groups excluding tert-OH is 1. The molecule has 10 atom stereocenters. The van der Waals surface area contributed by atoms with Crippen molar-refractivity contribution in [3.63, 3.8) is 0 Å². The van der Waals surface area contributed by atoms with Crippen molar-refractivity contribution in [3.8, 4) is 5.69 Å². The molecule has 4 fully saturated rings. The van der Waals surface area contributed by atoms with Gasteiger partial charge in [0.05, 0.1) is 23.8 Å². The molecule has 0 radical (unpaired) electrons. The van der Waals surface area contributed by atoms with Crippen molar-refractivity contribution in [3.05, 3.63) is 58.8 Å². The lowest BCUT2D eigenvalue weighted by Crippen LogP contribution is -2.65. The van der Waals surface area contributed by atoms with Crippen LogP contribution in [-0.2, 0) is 16.1 Å². The number of rotatable bonds is 6. The number of aliphatic hydroxyl groups is 1. The summed E-state index contributed by atoms with van der Waals surface area (Å²) in [5, 5.41) is 15.4. The Morgan fingerprint density at radius 1 is 0.958 bits per heavy atom. The summed E-state index contributed by atoms with van der Waals surface area (Å²) in [7, 11) is 0. The van der Waals surface area contributed by atoms with E-state index in [1.807, 2.05) is 30.3 Å². The largest absolute Gasteiger partial charge is 0.465 e. The molecule has 7 heteroatoms.